The van der Waals surface area contributed by atoms with Gasteiger partial charge in [0.15, 0.2) is 0 Å². The molecule has 1 amide bonds. The summed E-state index contributed by atoms with van der Waals surface area (Å²) in [5, 5.41) is 0. The van der Waals surface area contributed by atoms with E-state index in [2.05, 4.69) is 16.5 Å². The summed E-state index contributed by atoms with van der Waals surface area (Å²) in [4.78, 5) is 15.4. The van der Waals surface area contributed by atoms with Crippen LogP contribution in [0, 0.1) is 5.92 Å². The molecule has 2 aliphatic carbocycles. The molecule has 0 radical (unpaired) electrons. The number of hydrogen-bond acceptors (Lipinski definition) is 3. The molecule has 5 nitrogen and oxygen atoms in total. The van der Waals surface area contributed by atoms with Crippen LogP contribution < -0.4 is 4.72 Å². The van der Waals surface area contributed by atoms with E-state index in [9.17, 15) is 13.2 Å². The normalized spacial score (nSPS) is 23.2. The standard InChI is InChI=1S/C21H32N2O3S/c1-3-16-4-9-18(10-5-16)23(19-11-12-19)21(24)15-8-17-6-13-20(14-7-17)27(25,26)22-2/h6-7,13-14,16,18-19,22H,3-5,8-12,15H2,1-2H3. The fourth-order valence-electron chi connectivity index (χ4n) is 4.22. The molecule has 1 N–H and O–H groups in total. The number of carbonyl (C=O) groups is 1. The lowest BCUT2D eigenvalue weighted by atomic mass is 9.83. The Morgan fingerprint density at radius 3 is 2.07 bits per heavy atom. The van der Waals surface area contributed by atoms with Crippen molar-refractivity contribution in [3.63, 3.8) is 0 Å². The first-order valence-corrected chi connectivity index (χ1v) is 11.8. The topological polar surface area (TPSA) is 66.5 Å². The zero-order valence-corrected chi connectivity index (χ0v) is 17.3. The lowest BCUT2D eigenvalue weighted by Gasteiger charge is -2.37. The third-order valence-corrected chi connectivity index (χ3v) is 7.58. The Morgan fingerprint density at radius 2 is 1.59 bits per heavy atom. The van der Waals surface area contributed by atoms with Crippen LogP contribution in [0.25, 0.3) is 0 Å². The van der Waals surface area contributed by atoms with Gasteiger partial charge in [-0.2, -0.15) is 0 Å². The second-order valence-electron chi connectivity index (χ2n) is 7.97. The van der Waals surface area contributed by atoms with Crippen molar-refractivity contribution in [1.82, 2.24) is 9.62 Å². The van der Waals surface area contributed by atoms with Crippen molar-refractivity contribution in [3.05, 3.63) is 29.8 Å². The third-order valence-electron chi connectivity index (χ3n) is 6.15. The van der Waals surface area contributed by atoms with E-state index >= 15 is 0 Å². The van der Waals surface area contributed by atoms with E-state index in [1.54, 1.807) is 12.1 Å². The number of aryl methyl sites for hydroxylation is 1. The number of amides is 1. The molecule has 0 aliphatic heterocycles. The zero-order valence-electron chi connectivity index (χ0n) is 16.5. The Hall–Kier alpha value is -1.40. The molecule has 3 rings (SSSR count). The molecule has 150 valence electrons. The maximum Gasteiger partial charge on any atom is 0.240 e. The Bertz CT molecular complexity index is 733. The summed E-state index contributed by atoms with van der Waals surface area (Å²) in [6.07, 6.45) is 9.51. The predicted octanol–water partition coefficient (Wildman–Crippen LogP) is 3.49. The summed E-state index contributed by atoms with van der Waals surface area (Å²) in [6, 6.07) is 7.73. The van der Waals surface area contributed by atoms with E-state index in [1.165, 1.54) is 26.3 Å². The Kier molecular flexibility index (Phi) is 6.58. The third kappa shape index (κ3) is 5.11. The summed E-state index contributed by atoms with van der Waals surface area (Å²) in [6.45, 7) is 2.27. The number of nitrogens with zero attached hydrogens (tertiary/aromatic N) is 1. The van der Waals surface area contributed by atoms with Crippen molar-refractivity contribution in [2.75, 3.05) is 7.05 Å². The Morgan fingerprint density at radius 1 is 1.04 bits per heavy atom. The second kappa shape index (κ2) is 8.74. The molecule has 1 aromatic carbocycles. The van der Waals surface area contributed by atoms with Gasteiger partial charge in [0.25, 0.3) is 0 Å². The van der Waals surface area contributed by atoms with Gasteiger partial charge in [-0.1, -0.05) is 25.5 Å². The molecular weight excluding hydrogens is 360 g/mol. The highest BCUT2D eigenvalue weighted by atomic mass is 32.2. The molecule has 0 saturated heterocycles. The molecule has 27 heavy (non-hydrogen) atoms. The fraction of sp³-hybridized carbons (Fsp3) is 0.667. The minimum atomic E-state index is -3.41. The highest BCUT2D eigenvalue weighted by Crippen LogP contribution is 2.36. The van der Waals surface area contributed by atoms with Gasteiger partial charge in [-0.25, -0.2) is 13.1 Å². The van der Waals surface area contributed by atoms with Crippen LogP contribution >= 0.6 is 0 Å². The van der Waals surface area contributed by atoms with Gasteiger partial charge in [-0.3, -0.25) is 4.79 Å². The number of sulfonamides is 1. The van der Waals surface area contributed by atoms with Crippen molar-refractivity contribution in [3.8, 4) is 0 Å². The average molecular weight is 393 g/mol. The van der Waals surface area contributed by atoms with Crippen LogP contribution in [0.15, 0.2) is 29.2 Å². The monoisotopic (exact) mass is 392 g/mol. The van der Waals surface area contributed by atoms with Crippen molar-refractivity contribution in [1.29, 1.82) is 0 Å². The molecule has 0 aromatic heterocycles. The Balaban J connectivity index is 1.57. The minimum Gasteiger partial charge on any atom is -0.337 e. The number of hydrogen-bond donors (Lipinski definition) is 1. The first-order valence-electron chi connectivity index (χ1n) is 10.3. The van der Waals surface area contributed by atoms with Crippen molar-refractivity contribution >= 4 is 15.9 Å². The van der Waals surface area contributed by atoms with E-state index in [0.717, 1.165) is 37.2 Å². The van der Waals surface area contributed by atoms with Gasteiger partial charge in [-0.05, 0) is 75.6 Å². The second-order valence-corrected chi connectivity index (χ2v) is 9.85. The maximum absolute atomic E-state index is 12.9. The molecule has 1 aromatic rings. The van der Waals surface area contributed by atoms with Crippen molar-refractivity contribution in [2.45, 2.75) is 81.7 Å². The highest BCUT2D eigenvalue weighted by Gasteiger charge is 2.38. The summed E-state index contributed by atoms with van der Waals surface area (Å²) in [7, 11) is -2.00. The van der Waals surface area contributed by atoms with E-state index in [4.69, 9.17) is 0 Å². The summed E-state index contributed by atoms with van der Waals surface area (Å²) >= 11 is 0. The van der Waals surface area contributed by atoms with Gasteiger partial charge in [0, 0.05) is 18.5 Å². The number of nitrogens with one attached hydrogen (secondary N) is 1. The van der Waals surface area contributed by atoms with E-state index < -0.39 is 10.0 Å². The average Bonchev–Trinajstić information content (AvgIpc) is 3.52. The maximum atomic E-state index is 12.9. The van der Waals surface area contributed by atoms with Gasteiger partial charge in [0.05, 0.1) is 4.90 Å². The minimum absolute atomic E-state index is 0.257. The van der Waals surface area contributed by atoms with Crippen molar-refractivity contribution < 1.29 is 13.2 Å². The van der Waals surface area contributed by atoms with Crippen LogP contribution in [0.3, 0.4) is 0 Å². The van der Waals surface area contributed by atoms with Gasteiger partial charge < -0.3 is 4.90 Å². The zero-order chi connectivity index (χ0) is 19.4. The molecule has 0 atom stereocenters. The van der Waals surface area contributed by atoms with Crippen molar-refractivity contribution in [2.24, 2.45) is 5.92 Å². The number of benzene rings is 1. The first-order chi connectivity index (χ1) is 12.9. The molecule has 0 bridgehead atoms. The lowest BCUT2D eigenvalue weighted by Crippen LogP contribution is -2.44. The molecule has 2 aliphatic rings. The number of carbonyl (C=O) groups excluding carboxylic acids is 1. The predicted molar refractivity (Wildman–Crippen MR) is 107 cm³/mol. The molecule has 0 spiro atoms. The highest BCUT2D eigenvalue weighted by molar-refractivity contribution is 7.89. The van der Waals surface area contributed by atoms with Crippen LogP contribution in [-0.2, 0) is 21.2 Å². The molecule has 2 saturated carbocycles. The number of rotatable bonds is 8. The first kappa shape index (κ1) is 20.3. The van der Waals surface area contributed by atoms with E-state index in [-0.39, 0.29) is 10.8 Å². The molecular formula is C21H32N2O3S. The van der Waals surface area contributed by atoms with Crippen LogP contribution in [-0.4, -0.2) is 38.4 Å². The van der Waals surface area contributed by atoms with Crippen LogP contribution in [0.2, 0.25) is 0 Å². The summed E-state index contributed by atoms with van der Waals surface area (Å²) in [5.41, 5.74) is 1.00. The Labute approximate surface area is 163 Å². The molecule has 2 fully saturated rings. The van der Waals surface area contributed by atoms with E-state index in [0.29, 0.717) is 24.9 Å². The van der Waals surface area contributed by atoms with E-state index in [1.807, 2.05) is 12.1 Å². The largest absolute Gasteiger partial charge is 0.337 e. The van der Waals surface area contributed by atoms with Gasteiger partial charge >= 0.3 is 0 Å². The molecule has 0 heterocycles. The lowest BCUT2D eigenvalue weighted by molar-refractivity contribution is -0.135. The van der Waals surface area contributed by atoms with Gasteiger partial charge in [0.2, 0.25) is 15.9 Å². The summed E-state index contributed by atoms with van der Waals surface area (Å²) < 4.78 is 25.9. The van der Waals surface area contributed by atoms with Crippen LogP contribution in [0.5, 0.6) is 0 Å². The summed E-state index contributed by atoms with van der Waals surface area (Å²) in [5.74, 6) is 1.11. The van der Waals surface area contributed by atoms with Gasteiger partial charge in [-0.15, -0.1) is 0 Å². The molecule has 6 heteroatoms. The van der Waals surface area contributed by atoms with Crippen LogP contribution in [0.4, 0.5) is 0 Å². The SMILES string of the molecule is CCC1CCC(N(C(=O)CCc2ccc(S(=O)(=O)NC)cc2)C2CC2)CC1. The fourth-order valence-corrected chi connectivity index (χ4v) is 4.95. The molecule has 0 unspecified atom stereocenters. The van der Waals surface area contributed by atoms with Crippen LogP contribution in [0.1, 0.15) is 63.9 Å². The van der Waals surface area contributed by atoms with Gasteiger partial charge in [0.1, 0.15) is 0 Å². The quantitative estimate of drug-likeness (QED) is 0.736. The smallest absolute Gasteiger partial charge is 0.240 e.